The number of carbonyl (C=O) groups is 1. The number of nitrogens with one attached hydrogen (secondary N) is 2. The van der Waals surface area contributed by atoms with Gasteiger partial charge in [0, 0.05) is 31.2 Å². The maximum atomic E-state index is 12.7. The van der Waals surface area contributed by atoms with Crippen molar-refractivity contribution in [2.75, 3.05) is 25.7 Å². The molecule has 0 aliphatic carbocycles. The van der Waals surface area contributed by atoms with Crippen LogP contribution in [0.5, 0.6) is 0 Å². The van der Waals surface area contributed by atoms with Crippen LogP contribution < -0.4 is 10.0 Å². The Labute approximate surface area is 182 Å². The van der Waals surface area contributed by atoms with Crippen molar-refractivity contribution < 1.29 is 21.6 Å². The lowest BCUT2D eigenvalue weighted by atomic mass is 10.0. The molecule has 0 saturated carbocycles. The molecule has 0 fully saturated rings. The predicted molar refractivity (Wildman–Crippen MR) is 117 cm³/mol. The Kier molecular flexibility index (Phi) is 7.64. The zero-order chi connectivity index (χ0) is 22.7. The molecule has 0 heterocycles. The summed E-state index contributed by atoms with van der Waals surface area (Å²) >= 11 is 5.88. The van der Waals surface area contributed by atoms with Crippen LogP contribution in [-0.4, -0.2) is 47.4 Å². The van der Waals surface area contributed by atoms with Crippen molar-refractivity contribution in [3.05, 3.63) is 58.6 Å². The van der Waals surface area contributed by atoms with Gasteiger partial charge < -0.3 is 5.32 Å². The summed E-state index contributed by atoms with van der Waals surface area (Å²) in [4.78, 5) is 12.7. The third-order valence-electron chi connectivity index (χ3n) is 4.28. The van der Waals surface area contributed by atoms with Gasteiger partial charge in [-0.15, -0.1) is 0 Å². The van der Waals surface area contributed by atoms with Gasteiger partial charge in [0.05, 0.1) is 17.2 Å². The minimum Gasteiger partial charge on any atom is -0.326 e. The van der Waals surface area contributed by atoms with Gasteiger partial charge in [-0.2, -0.15) is 0 Å². The number of hydrogen-bond acceptors (Lipinski definition) is 5. The van der Waals surface area contributed by atoms with E-state index < -0.39 is 32.0 Å². The van der Waals surface area contributed by atoms with E-state index in [4.69, 9.17) is 11.6 Å². The first kappa shape index (κ1) is 24.3. The summed E-state index contributed by atoms with van der Waals surface area (Å²) in [5.41, 5.74) is 1.57. The number of nitrogens with zero attached hydrogens (tertiary/aromatic N) is 1. The molecule has 0 spiro atoms. The van der Waals surface area contributed by atoms with Crippen LogP contribution >= 0.6 is 11.6 Å². The van der Waals surface area contributed by atoms with E-state index in [1.165, 1.54) is 26.2 Å². The molecule has 8 nitrogen and oxygen atoms in total. The molecular formula is C19H24ClN3O5S2. The van der Waals surface area contributed by atoms with Crippen LogP contribution in [0.3, 0.4) is 0 Å². The minimum absolute atomic E-state index is 0.0388. The Balaban J connectivity index is 2.28. The summed E-state index contributed by atoms with van der Waals surface area (Å²) in [6.07, 6.45) is 0.812. The summed E-state index contributed by atoms with van der Waals surface area (Å²) in [7, 11) is -4.42. The summed E-state index contributed by atoms with van der Waals surface area (Å²) in [5.74, 6) is -0.478. The fourth-order valence-corrected chi connectivity index (χ4v) is 4.47. The quantitative estimate of drug-likeness (QED) is 0.611. The van der Waals surface area contributed by atoms with Crippen molar-refractivity contribution in [2.45, 2.75) is 24.3 Å². The van der Waals surface area contributed by atoms with Gasteiger partial charge in [0.25, 0.3) is 0 Å². The van der Waals surface area contributed by atoms with E-state index in [2.05, 4.69) is 10.0 Å². The molecule has 0 radical (unpaired) electrons. The number of carbonyl (C=O) groups excluding carboxylic acids is 1. The van der Waals surface area contributed by atoms with E-state index in [9.17, 15) is 21.6 Å². The molecule has 30 heavy (non-hydrogen) atoms. The minimum atomic E-state index is -3.67. The maximum absolute atomic E-state index is 12.7. The van der Waals surface area contributed by atoms with Gasteiger partial charge >= 0.3 is 0 Å². The summed E-state index contributed by atoms with van der Waals surface area (Å²) < 4.78 is 51.7. The van der Waals surface area contributed by atoms with Crippen LogP contribution in [0.2, 0.25) is 5.02 Å². The predicted octanol–water partition coefficient (Wildman–Crippen LogP) is 2.52. The van der Waals surface area contributed by atoms with E-state index in [1.54, 1.807) is 37.3 Å². The Morgan fingerprint density at radius 3 is 2.20 bits per heavy atom. The molecule has 0 aliphatic rings. The number of amides is 1. The van der Waals surface area contributed by atoms with Crippen molar-refractivity contribution in [2.24, 2.45) is 0 Å². The van der Waals surface area contributed by atoms with Crippen LogP contribution in [0.1, 0.15) is 23.6 Å². The zero-order valence-corrected chi connectivity index (χ0v) is 19.4. The van der Waals surface area contributed by atoms with E-state index in [0.29, 0.717) is 21.8 Å². The van der Waals surface area contributed by atoms with E-state index in [0.717, 1.165) is 10.6 Å². The Morgan fingerprint density at radius 2 is 1.67 bits per heavy atom. The second-order valence-corrected chi connectivity index (χ2v) is 11.4. The normalized spacial score (nSPS) is 13.3. The molecule has 0 saturated heterocycles. The van der Waals surface area contributed by atoms with Crippen LogP contribution in [0.25, 0.3) is 0 Å². The molecule has 2 N–H and O–H groups in total. The highest BCUT2D eigenvalue weighted by Crippen LogP contribution is 2.24. The molecule has 0 unspecified atom stereocenters. The molecule has 2 aromatic carbocycles. The van der Waals surface area contributed by atoms with Crippen molar-refractivity contribution in [1.29, 1.82) is 0 Å². The second kappa shape index (κ2) is 9.44. The monoisotopic (exact) mass is 473 g/mol. The SMILES string of the molecule is Cc1ccc(S(=O)(=O)N(C)C)cc1NC(=O)C[C@@H](NS(C)(=O)=O)c1ccc(Cl)cc1. The lowest BCUT2D eigenvalue weighted by molar-refractivity contribution is -0.116. The van der Waals surface area contributed by atoms with Crippen LogP contribution in [0.15, 0.2) is 47.4 Å². The number of anilines is 1. The van der Waals surface area contributed by atoms with Crippen molar-refractivity contribution >= 4 is 43.2 Å². The number of sulfonamides is 2. The topological polar surface area (TPSA) is 113 Å². The van der Waals surface area contributed by atoms with Gasteiger partial charge in [-0.25, -0.2) is 25.9 Å². The Bertz CT molecular complexity index is 1130. The number of rotatable bonds is 8. The van der Waals surface area contributed by atoms with Gasteiger partial charge in [-0.05, 0) is 42.3 Å². The van der Waals surface area contributed by atoms with Crippen molar-refractivity contribution in [3.63, 3.8) is 0 Å². The van der Waals surface area contributed by atoms with Gasteiger partial charge in [0.15, 0.2) is 0 Å². The largest absolute Gasteiger partial charge is 0.326 e. The number of hydrogen-bond donors (Lipinski definition) is 2. The van der Waals surface area contributed by atoms with Gasteiger partial charge in [0.1, 0.15) is 0 Å². The second-order valence-electron chi connectivity index (χ2n) is 7.01. The highest BCUT2D eigenvalue weighted by molar-refractivity contribution is 7.89. The lowest BCUT2D eigenvalue weighted by Crippen LogP contribution is -2.30. The van der Waals surface area contributed by atoms with Crippen LogP contribution in [-0.2, 0) is 24.8 Å². The first-order valence-corrected chi connectivity index (χ1v) is 12.6. The molecular weight excluding hydrogens is 450 g/mol. The fourth-order valence-electron chi connectivity index (χ4n) is 2.67. The lowest BCUT2D eigenvalue weighted by Gasteiger charge is -2.19. The van der Waals surface area contributed by atoms with Crippen LogP contribution in [0, 0.1) is 6.92 Å². The standard InChI is InChI=1S/C19H24ClN3O5S2/c1-13-5-10-16(30(27,28)23(2)3)11-17(13)21-19(24)12-18(22-29(4,25)26)14-6-8-15(20)9-7-14/h5-11,18,22H,12H2,1-4H3,(H,21,24)/t18-/m1/s1. The summed E-state index contributed by atoms with van der Waals surface area (Å²) in [5, 5.41) is 3.16. The van der Waals surface area contributed by atoms with Gasteiger partial charge in [0.2, 0.25) is 26.0 Å². The third kappa shape index (κ3) is 6.51. The van der Waals surface area contributed by atoms with Crippen LogP contribution in [0.4, 0.5) is 5.69 Å². The molecule has 2 aromatic rings. The summed E-state index contributed by atoms with van der Waals surface area (Å²) in [6, 6.07) is 10.1. The summed E-state index contributed by atoms with van der Waals surface area (Å²) in [6.45, 7) is 1.73. The number of benzene rings is 2. The average Bonchev–Trinajstić information content (AvgIpc) is 2.62. The Hall–Kier alpha value is -1.98. The zero-order valence-electron chi connectivity index (χ0n) is 17.0. The van der Waals surface area contributed by atoms with E-state index in [-0.39, 0.29) is 11.3 Å². The molecule has 0 aromatic heterocycles. The molecule has 0 bridgehead atoms. The van der Waals surface area contributed by atoms with Crippen molar-refractivity contribution in [3.8, 4) is 0 Å². The van der Waals surface area contributed by atoms with Gasteiger partial charge in [-0.1, -0.05) is 29.8 Å². The smallest absolute Gasteiger partial charge is 0.242 e. The Morgan fingerprint density at radius 1 is 1.07 bits per heavy atom. The highest BCUT2D eigenvalue weighted by Gasteiger charge is 2.22. The third-order valence-corrected chi connectivity index (χ3v) is 7.06. The fraction of sp³-hybridized carbons (Fsp3) is 0.316. The van der Waals surface area contributed by atoms with Gasteiger partial charge in [-0.3, -0.25) is 4.79 Å². The first-order valence-electron chi connectivity index (χ1n) is 8.85. The molecule has 0 aliphatic heterocycles. The molecule has 164 valence electrons. The number of halogens is 1. The van der Waals surface area contributed by atoms with E-state index >= 15 is 0 Å². The molecule has 1 atom stereocenters. The maximum Gasteiger partial charge on any atom is 0.242 e. The molecule has 1 amide bonds. The molecule has 2 rings (SSSR count). The molecule has 11 heteroatoms. The number of aryl methyl sites for hydroxylation is 1. The first-order chi connectivity index (χ1) is 13.8. The van der Waals surface area contributed by atoms with Crippen molar-refractivity contribution in [1.82, 2.24) is 9.03 Å². The highest BCUT2D eigenvalue weighted by atomic mass is 35.5. The van der Waals surface area contributed by atoms with E-state index in [1.807, 2.05) is 0 Å². The average molecular weight is 474 g/mol.